The molecule has 3 heteroatoms. The van der Waals surface area contributed by atoms with Gasteiger partial charge in [0.05, 0.1) is 0 Å². The largest absolute Gasteiger partial charge is 0.313 e. The van der Waals surface area contributed by atoms with Crippen molar-refractivity contribution in [1.29, 1.82) is 0 Å². The molecule has 0 saturated heterocycles. The smallest absolute Gasteiger partial charge is 0.0388 e. The first-order valence-electron chi connectivity index (χ1n) is 6.84. The third-order valence-electron chi connectivity index (χ3n) is 3.41. The molecule has 1 rings (SSSR count). The maximum absolute atomic E-state index is 12.0. The molecule has 0 spiro atoms. The van der Waals surface area contributed by atoms with Crippen molar-refractivity contribution in [1.82, 2.24) is 5.32 Å². The Kier molecular flexibility index (Phi) is 7.30. The zero-order chi connectivity index (χ0) is 11.8. The maximum atomic E-state index is 12.0. The summed E-state index contributed by atoms with van der Waals surface area (Å²) in [7, 11) is -0.605. The van der Waals surface area contributed by atoms with E-state index < -0.39 is 10.8 Å². The molecule has 2 unspecified atom stereocenters. The zero-order valence-electron chi connectivity index (χ0n) is 10.8. The molecule has 0 amide bonds. The van der Waals surface area contributed by atoms with Gasteiger partial charge >= 0.3 is 0 Å². The second kappa shape index (κ2) is 8.24. The first-order valence-corrected chi connectivity index (χ1v) is 8.33. The van der Waals surface area contributed by atoms with Gasteiger partial charge in [-0.2, -0.15) is 0 Å². The van der Waals surface area contributed by atoms with Crippen molar-refractivity contribution in [2.45, 2.75) is 58.4 Å². The van der Waals surface area contributed by atoms with Crippen LogP contribution in [0.15, 0.2) is 0 Å². The third kappa shape index (κ3) is 5.44. The number of hydrogen-bond donors (Lipinski definition) is 1. The van der Waals surface area contributed by atoms with Crippen LogP contribution < -0.4 is 5.32 Å². The summed E-state index contributed by atoms with van der Waals surface area (Å²) < 4.78 is 12.0. The van der Waals surface area contributed by atoms with Crippen molar-refractivity contribution in [3.63, 3.8) is 0 Å². The minimum atomic E-state index is -0.605. The molecular weight excluding hydrogens is 218 g/mol. The van der Waals surface area contributed by atoms with Crippen molar-refractivity contribution in [3.05, 3.63) is 0 Å². The van der Waals surface area contributed by atoms with Crippen LogP contribution in [0.1, 0.15) is 52.4 Å². The lowest BCUT2D eigenvalue weighted by Crippen LogP contribution is -2.34. The Morgan fingerprint density at radius 2 is 2.00 bits per heavy atom. The van der Waals surface area contributed by atoms with E-state index in [0.29, 0.717) is 6.04 Å². The molecule has 0 heterocycles. The van der Waals surface area contributed by atoms with E-state index in [-0.39, 0.29) is 0 Å². The minimum Gasteiger partial charge on any atom is -0.313 e. The molecule has 1 fully saturated rings. The van der Waals surface area contributed by atoms with Gasteiger partial charge in [0.25, 0.3) is 0 Å². The molecule has 16 heavy (non-hydrogen) atoms. The summed E-state index contributed by atoms with van der Waals surface area (Å²) in [5.74, 6) is 2.56. The van der Waals surface area contributed by atoms with Gasteiger partial charge in [0.15, 0.2) is 0 Å². The van der Waals surface area contributed by atoms with E-state index in [9.17, 15) is 4.21 Å². The van der Waals surface area contributed by atoms with Crippen molar-refractivity contribution in [2.75, 3.05) is 18.1 Å². The van der Waals surface area contributed by atoms with E-state index in [1.54, 1.807) is 0 Å². The molecule has 1 N–H and O–H groups in total. The minimum absolute atomic E-state index is 0.470. The van der Waals surface area contributed by atoms with Crippen molar-refractivity contribution in [3.8, 4) is 0 Å². The van der Waals surface area contributed by atoms with E-state index in [1.807, 2.05) is 0 Å². The second-order valence-corrected chi connectivity index (χ2v) is 6.51. The van der Waals surface area contributed by atoms with Gasteiger partial charge in [-0.25, -0.2) is 0 Å². The van der Waals surface area contributed by atoms with Crippen LogP contribution in [0, 0.1) is 5.92 Å². The molecule has 2 nitrogen and oxygen atoms in total. The standard InChI is InChI=1S/C13H27NOS/c1-3-7-13(14-4-2)11-16(15)10-12-8-5-6-9-12/h12-14H,3-11H2,1-2H3. The van der Waals surface area contributed by atoms with Gasteiger partial charge < -0.3 is 5.32 Å². The quantitative estimate of drug-likeness (QED) is 0.712. The maximum Gasteiger partial charge on any atom is 0.0388 e. The van der Waals surface area contributed by atoms with Gasteiger partial charge in [-0.15, -0.1) is 0 Å². The first kappa shape index (κ1) is 14.2. The first-order chi connectivity index (χ1) is 7.76. The van der Waals surface area contributed by atoms with E-state index in [4.69, 9.17) is 0 Å². The van der Waals surface area contributed by atoms with Gasteiger partial charge in [-0.05, 0) is 31.7 Å². The highest BCUT2D eigenvalue weighted by atomic mass is 32.2. The second-order valence-electron chi connectivity index (χ2n) is 4.97. The molecule has 0 radical (unpaired) electrons. The van der Waals surface area contributed by atoms with Crippen molar-refractivity contribution < 1.29 is 4.21 Å². The molecule has 0 aromatic carbocycles. The molecule has 0 aromatic rings. The monoisotopic (exact) mass is 245 g/mol. The zero-order valence-corrected chi connectivity index (χ0v) is 11.7. The van der Waals surface area contributed by atoms with Gasteiger partial charge in [0.1, 0.15) is 0 Å². The van der Waals surface area contributed by atoms with Gasteiger partial charge in [0, 0.05) is 28.3 Å². The number of hydrogen-bond acceptors (Lipinski definition) is 2. The lowest BCUT2D eigenvalue weighted by atomic mass is 10.1. The highest BCUT2D eigenvalue weighted by Crippen LogP contribution is 2.25. The molecule has 1 aliphatic rings. The predicted octanol–water partition coefficient (Wildman–Crippen LogP) is 2.70. The van der Waals surface area contributed by atoms with E-state index in [1.165, 1.54) is 32.1 Å². The number of rotatable bonds is 8. The number of nitrogens with one attached hydrogen (secondary N) is 1. The molecule has 96 valence electrons. The summed E-state index contributed by atoms with van der Waals surface area (Å²) in [5, 5.41) is 3.45. The molecular formula is C13H27NOS. The van der Waals surface area contributed by atoms with Crippen LogP contribution in [-0.4, -0.2) is 28.3 Å². The van der Waals surface area contributed by atoms with Crippen LogP contribution in [0.3, 0.4) is 0 Å². The van der Waals surface area contributed by atoms with Crippen LogP contribution in [0.4, 0.5) is 0 Å². The average Bonchev–Trinajstić information content (AvgIpc) is 2.71. The molecule has 0 bridgehead atoms. The Morgan fingerprint density at radius 3 is 2.56 bits per heavy atom. The summed E-state index contributed by atoms with van der Waals surface area (Å²) in [4.78, 5) is 0. The third-order valence-corrected chi connectivity index (χ3v) is 5.03. The Hall–Kier alpha value is 0.110. The van der Waals surface area contributed by atoms with Crippen LogP contribution in [0.2, 0.25) is 0 Å². The van der Waals surface area contributed by atoms with E-state index in [0.717, 1.165) is 30.4 Å². The fraction of sp³-hybridized carbons (Fsp3) is 1.00. The van der Waals surface area contributed by atoms with Gasteiger partial charge in [-0.3, -0.25) is 4.21 Å². The fourth-order valence-electron chi connectivity index (χ4n) is 2.61. The Balaban J connectivity index is 2.23. The van der Waals surface area contributed by atoms with Crippen LogP contribution in [0.25, 0.3) is 0 Å². The highest BCUT2D eigenvalue weighted by Gasteiger charge is 2.19. The lowest BCUT2D eigenvalue weighted by Gasteiger charge is -2.17. The van der Waals surface area contributed by atoms with Crippen LogP contribution >= 0.6 is 0 Å². The van der Waals surface area contributed by atoms with E-state index in [2.05, 4.69) is 19.2 Å². The van der Waals surface area contributed by atoms with Gasteiger partial charge in [0.2, 0.25) is 0 Å². The highest BCUT2D eigenvalue weighted by molar-refractivity contribution is 7.85. The normalized spacial score (nSPS) is 21.1. The molecule has 0 aliphatic heterocycles. The Morgan fingerprint density at radius 1 is 1.31 bits per heavy atom. The van der Waals surface area contributed by atoms with Crippen LogP contribution in [0.5, 0.6) is 0 Å². The SMILES string of the molecule is CCCC(CS(=O)CC1CCCC1)NCC. The van der Waals surface area contributed by atoms with Crippen molar-refractivity contribution >= 4 is 10.8 Å². The van der Waals surface area contributed by atoms with E-state index >= 15 is 0 Å². The molecule has 1 aliphatic carbocycles. The van der Waals surface area contributed by atoms with Crippen LogP contribution in [-0.2, 0) is 10.8 Å². The Labute approximate surface area is 103 Å². The molecule has 0 aromatic heterocycles. The Bertz CT molecular complexity index is 196. The molecule has 2 atom stereocenters. The summed E-state index contributed by atoms with van der Waals surface area (Å²) in [6.07, 6.45) is 7.67. The lowest BCUT2D eigenvalue weighted by molar-refractivity contribution is 0.523. The molecule has 1 saturated carbocycles. The van der Waals surface area contributed by atoms with Crippen molar-refractivity contribution in [2.24, 2.45) is 5.92 Å². The van der Waals surface area contributed by atoms with Gasteiger partial charge in [-0.1, -0.05) is 33.1 Å². The average molecular weight is 245 g/mol. The summed E-state index contributed by atoms with van der Waals surface area (Å²) in [6.45, 7) is 5.32. The topological polar surface area (TPSA) is 29.1 Å². The predicted molar refractivity (Wildman–Crippen MR) is 72.2 cm³/mol. The summed E-state index contributed by atoms with van der Waals surface area (Å²) in [5.41, 5.74) is 0. The summed E-state index contributed by atoms with van der Waals surface area (Å²) in [6, 6.07) is 0.470. The fourth-order valence-corrected chi connectivity index (χ4v) is 4.34. The summed E-state index contributed by atoms with van der Waals surface area (Å²) >= 11 is 0.